The predicted molar refractivity (Wildman–Crippen MR) is 225 cm³/mol. The van der Waals surface area contributed by atoms with E-state index in [2.05, 4.69) is 131 Å². The zero-order valence-corrected chi connectivity index (χ0v) is 29.9. The minimum atomic E-state index is 0.655. The molecule has 0 aliphatic heterocycles. The number of hydrogen-bond acceptors (Lipinski definition) is 6. The Balaban J connectivity index is 1.11. The van der Waals surface area contributed by atoms with Gasteiger partial charge in [-0.1, -0.05) is 103 Å². The Morgan fingerprint density at radius 3 is 1.41 bits per heavy atom. The highest BCUT2D eigenvalue weighted by molar-refractivity contribution is 6.07. The van der Waals surface area contributed by atoms with E-state index in [1.807, 2.05) is 48.5 Å². The SMILES string of the molecule is c1ccc(-c2nc(-c3ccc(-c4ccncn4)cc3)cc(-c3cc(-c4ccc5oc6ccccc6c5c4)cc(-c4ccc5oc6ccccc6c5c4)c3)n2)cc1. The van der Waals surface area contributed by atoms with Crippen LogP contribution in [-0.2, 0) is 0 Å². The van der Waals surface area contributed by atoms with Gasteiger partial charge in [0.05, 0.1) is 17.1 Å². The Morgan fingerprint density at radius 2 is 0.821 bits per heavy atom. The second-order valence-corrected chi connectivity index (χ2v) is 13.9. The third kappa shape index (κ3) is 5.60. The Kier molecular flexibility index (Phi) is 7.38. The van der Waals surface area contributed by atoms with Gasteiger partial charge in [0.15, 0.2) is 5.82 Å². The molecule has 0 aliphatic rings. The first-order valence-corrected chi connectivity index (χ1v) is 18.5. The van der Waals surface area contributed by atoms with Gasteiger partial charge in [0.25, 0.3) is 0 Å². The van der Waals surface area contributed by atoms with Crippen LogP contribution in [0.2, 0.25) is 0 Å². The molecule has 0 unspecified atom stereocenters. The topological polar surface area (TPSA) is 77.8 Å². The molecule has 0 N–H and O–H groups in total. The lowest BCUT2D eigenvalue weighted by Crippen LogP contribution is -1.96. The molecule has 262 valence electrons. The number of furan rings is 2. The molecule has 0 atom stereocenters. The van der Waals surface area contributed by atoms with E-state index >= 15 is 0 Å². The molecule has 11 aromatic rings. The van der Waals surface area contributed by atoms with Crippen LogP contribution in [0.1, 0.15) is 0 Å². The van der Waals surface area contributed by atoms with Crippen LogP contribution in [0.4, 0.5) is 0 Å². The van der Waals surface area contributed by atoms with E-state index < -0.39 is 0 Å². The third-order valence-electron chi connectivity index (χ3n) is 10.5. The van der Waals surface area contributed by atoms with Crippen molar-refractivity contribution in [1.82, 2.24) is 19.9 Å². The first-order chi connectivity index (χ1) is 27.7. The summed E-state index contributed by atoms with van der Waals surface area (Å²) in [5.41, 5.74) is 14.2. The summed E-state index contributed by atoms with van der Waals surface area (Å²) >= 11 is 0. The largest absolute Gasteiger partial charge is 0.456 e. The van der Waals surface area contributed by atoms with Gasteiger partial charge in [-0.2, -0.15) is 0 Å². The first kappa shape index (κ1) is 31.8. The van der Waals surface area contributed by atoms with Crippen molar-refractivity contribution in [2.45, 2.75) is 0 Å². The molecule has 0 saturated heterocycles. The van der Waals surface area contributed by atoms with E-state index in [0.717, 1.165) is 105 Å². The van der Waals surface area contributed by atoms with E-state index in [9.17, 15) is 0 Å². The van der Waals surface area contributed by atoms with Crippen LogP contribution >= 0.6 is 0 Å². The first-order valence-electron chi connectivity index (χ1n) is 18.5. The lowest BCUT2D eigenvalue weighted by Gasteiger charge is -2.14. The number of fused-ring (bicyclic) bond motifs is 6. The van der Waals surface area contributed by atoms with Crippen molar-refractivity contribution in [3.8, 4) is 67.4 Å². The van der Waals surface area contributed by atoms with Crippen molar-refractivity contribution in [3.63, 3.8) is 0 Å². The molecule has 0 spiro atoms. The fourth-order valence-electron chi connectivity index (χ4n) is 7.65. The maximum absolute atomic E-state index is 6.21. The minimum Gasteiger partial charge on any atom is -0.456 e. The van der Waals surface area contributed by atoms with Crippen LogP contribution in [-0.4, -0.2) is 19.9 Å². The molecule has 0 fully saturated rings. The molecule has 0 amide bonds. The van der Waals surface area contributed by atoms with Gasteiger partial charge in [-0.15, -0.1) is 0 Å². The molecule has 4 aromatic heterocycles. The summed E-state index contributed by atoms with van der Waals surface area (Å²) in [7, 11) is 0. The average Bonchev–Trinajstić information content (AvgIpc) is 3.84. The lowest BCUT2D eigenvalue weighted by molar-refractivity contribution is 0.668. The van der Waals surface area contributed by atoms with Crippen molar-refractivity contribution in [2.24, 2.45) is 0 Å². The quantitative estimate of drug-likeness (QED) is 0.170. The van der Waals surface area contributed by atoms with Crippen LogP contribution in [0.15, 0.2) is 191 Å². The standard InChI is InChI=1S/C50H30N4O2/c1-2-8-33(9-3-1)50-53-44(32-16-14-31(15-17-32)43-22-23-51-30-52-43)29-45(54-50)38-25-36(34-18-20-48-41(27-34)39-10-4-6-12-46(39)55-48)24-37(26-38)35-19-21-49-42(28-35)40-11-5-7-13-47(40)56-49/h1-30H. The zero-order valence-electron chi connectivity index (χ0n) is 29.9. The molecule has 4 heterocycles. The van der Waals surface area contributed by atoms with Crippen molar-refractivity contribution in [2.75, 3.05) is 0 Å². The Bertz CT molecular complexity index is 3110. The molecule has 0 radical (unpaired) electrons. The molecule has 6 nitrogen and oxygen atoms in total. The van der Waals surface area contributed by atoms with Crippen LogP contribution in [0, 0.1) is 0 Å². The monoisotopic (exact) mass is 718 g/mol. The van der Waals surface area contributed by atoms with E-state index in [0.29, 0.717) is 5.82 Å². The van der Waals surface area contributed by atoms with Crippen molar-refractivity contribution >= 4 is 43.9 Å². The summed E-state index contributed by atoms with van der Waals surface area (Å²) < 4.78 is 12.4. The fourth-order valence-corrected chi connectivity index (χ4v) is 7.65. The third-order valence-corrected chi connectivity index (χ3v) is 10.5. The van der Waals surface area contributed by atoms with Gasteiger partial charge in [-0.05, 0) is 89.0 Å². The summed E-state index contributed by atoms with van der Waals surface area (Å²) in [5.74, 6) is 0.655. The fraction of sp³-hybridized carbons (Fsp3) is 0. The Labute approximate surface area is 321 Å². The summed E-state index contributed by atoms with van der Waals surface area (Å²) in [6.45, 7) is 0. The molecule has 6 heteroatoms. The molecular weight excluding hydrogens is 689 g/mol. The van der Waals surface area contributed by atoms with E-state index in [-0.39, 0.29) is 0 Å². The van der Waals surface area contributed by atoms with Gasteiger partial charge in [-0.25, -0.2) is 19.9 Å². The number of nitrogens with zero attached hydrogens (tertiary/aromatic N) is 4. The zero-order chi connectivity index (χ0) is 37.0. The Hall–Kier alpha value is -7.70. The molecular formula is C50H30N4O2. The summed E-state index contributed by atoms with van der Waals surface area (Å²) in [6, 6.07) is 58.5. The van der Waals surface area contributed by atoms with Crippen molar-refractivity contribution in [1.29, 1.82) is 0 Å². The number of rotatable bonds is 6. The van der Waals surface area contributed by atoms with Gasteiger partial charge in [-0.3, -0.25) is 0 Å². The molecule has 56 heavy (non-hydrogen) atoms. The molecule has 0 aliphatic carbocycles. The average molecular weight is 719 g/mol. The van der Waals surface area contributed by atoms with E-state index in [4.69, 9.17) is 18.8 Å². The summed E-state index contributed by atoms with van der Waals surface area (Å²) in [6.07, 6.45) is 3.33. The van der Waals surface area contributed by atoms with Gasteiger partial charge in [0.1, 0.15) is 28.7 Å². The van der Waals surface area contributed by atoms with Gasteiger partial charge in [0.2, 0.25) is 0 Å². The Morgan fingerprint density at radius 1 is 0.321 bits per heavy atom. The van der Waals surface area contributed by atoms with Crippen LogP contribution in [0.3, 0.4) is 0 Å². The number of para-hydroxylation sites is 2. The highest BCUT2D eigenvalue weighted by atomic mass is 16.3. The minimum absolute atomic E-state index is 0.655. The number of aromatic nitrogens is 4. The second-order valence-electron chi connectivity index (χ2n) is 13.9. The van der Waals surface area contributed by atoms with Gasteiger partial charge >= 0.3 is 0 Å². The lowest BCUT2D eigenvalue weighted by atomic mass is 9.93. The van der Waals surface area contributed by atoms with Crippen LogP contribution in [0.25, 0.3) is 111 Å². The smallest absolute Gasteiger partial charge is 0.160 e. The van der Waals surface area contributed by atoms with Crippen molar-refractivity contribution < 1.29 is 8.83 Å². The normalized spacial score (nSPS) is 11.6. The predicted octanol–water partition coefficient (Wildman–Crippen LogP) is 13.1. The maximum Gasteiger partial charge on any atom is 0.160 e. The van der Waals surface area contributed by atoms with Crippen LogP contribution < -0.4 is 0 Å². The number of hydrogen-bond donors (Lipinski definition) is 0. The summed E-state index contributed by atoms with van der Waals surface area (Å²) in [4.78, 5) is 18.9. The molecule has 11 rings (SSSR count). The van der Waals surface area contributed by atoms with Gasteiger partial charge in [0, 0.05) is 50.0 Å². The van der Waals surface area contributed by atoms with Crippen LogP contribution in [0.5, 0.6) is 0 Å². The number of benzene rings is 7. The summed E-state index contributed by atoms with van der Waals surface area (Å²) in [5, 5.41) is 4.35. The maximum atomic E-state index is 6.21. The molecule has 0 bridgehead atoms. The van der Waals surface area contributed by atoms with E-state index in [1.54, 1.807) is 12.5 Å². The highest BCUT2D eigenvalue weighted by Gasteiger charge is 2.16. The van der Waals surface area contributed by atoms with E-state index in [1.165, 1.54) is 0 Å². The molecule has 0 saturated carbocycles. The van der Waals surface area contributed by atoms with Gasteiger partial charge < -0.3 is 8.83 Å². The second kappa shape index (κ2) is 13.0. The van der Waals surface area contributed by atoms with Crippen molar-refractivity contribution in [3.05, 3.63) is 182 Å². The highest BCUT2D eigenvalue weighted by Crippen LogP contribution is 2.39. The molecule has 7 aromatic carbocycles.